The highest BCUT2D eigenvalue weighted by Crippen LogP contribution is 2.43. The molecular formula is C19H16N6O. The Kier molecular flexibility index (Phi) is 3.28. The van der Waals surface area contributed by atoms with Crippen LogP contribution in [0.1, 0.15) is 12.5 Å². The Hall–Kier alpha value is -3.71. The zero-order valence-electron chi connectivity index (χ0n) is 14.1. The number of nitrogens with zero attached hydrogens (tertiary/aromatic N) is 3. The zero-order valence-corrected chi connectivity index (χ0v) is 14.1. The number of fused-ring (bicyclic) bond motifs is 2. The number of amides is 1. The van der Waals surface area contributed by atoms with Gasteiger partial charge in [-0.2, -0.15) is 10.5 Å². The van der Waals surface area contributed by atoms with Crippen molar-refractivity contribution in [3.8, 4) is 12.1 Å². The molecule has 0 spiro atoms. The summed E-state index contributed by atoms with van der Waals surface area (Å²) in [4.78, 5) is 17.2. The zero-order chi connectivity index (χ0) is 18.5. The number of H-pyrrole nitrogens is 1. The minimum atomic E-state index is -0.969. The molecule has 26 heavy (non-hydrogen) atoms. The van der Waals surface area contributed by atoms with E-state index in [0.29, 0.717) is 18.5 Å². The third-order valence-corrected chi connectivity index (χ3v) is 5.16. The largest absolute Gasteiger partial charge is 0.384 e. The van der Waals surface area contributed by atoms with Crippen molar-refractivity contribution in [3.63, 3.8) is 0 Å². The molecule has 0 fully saturated rings. The molecule has 3 heterocycles. The Bertz CT molecular complexity index is 1090. The van der Waals surface area contributed by atoms with Crippen molar-refractivity contribution in [2.24, 2.45) is 5.73 Å². The second-order valence-electron chi connectivity index (χ2n) is 6.52. The summed E-state index contributed by atoms with van der Waals surface area (Å²) in [6, 6.07) is 12.0. The Balaban J connectivity index is 1.70. The summed E-state index contributed by atoms with van der Waals surface area (Å²) >= 11 is 0. The van der Waals surface area contributed by atoms with E-state index in [4.69, 9.17) is 5.73 Å². The van der Waals surface area contributed by atoms with E-state index in [9.17, 15) is 15.3 Å². The first-order chi connectivity index (χ1) is 12.5. The van der Waals surface area contributed by atoms with Gasteiger partial charge in [0.25, 0.3) is 5.91 Å². The van der Waals surface area contributed by atoms with Crippen LogP contribution in [0.15, 0.2) is 53.0 Å². The van der Waals surface area contributed by atoms with Crippen LogP contribution in [-0.4, -0.2) is 28.0 Å². The molecule has 2 aliphatic heterocycles. The summed E-state index contributed by atoms with van der Waals surface area (Å²) in [7, 11) is 0. The van der Waals surface area contributed by atoms with Crippen molar-refractivity contribution in [1.29, 1.82) is 10.5 Å². The quantitative estimate of drug-likeness (QED) is 0.776. The van der Waals surface area contributed by atoms with Gasteiger partial charge in [0.2, 0.25) is 0 Å². The lowest BCUT2D eigenvalue weighted by Gasteiger charge is -2.36. The maximum Gasteiger partial charge on any atom is 0.264 e. The van der Waals surface area contributed by atoms with E-state index >= 15 is 0 Å². The normalized spacial score (nSPS) is 21.8. The van der Waals surface area contributed by atoms with Gasteiger partial charge in [-0.1, -0.05) is 18.2 Å². The third kappa shape index (κ3) is 1.95. The van der Waals surface area contributed by atoms with E-state index in [2.05, 4.69) is 16.4 Å². The molecule has 0 bridgehead atoms. The lowest BCUT2D eigenvalue weighted by Crippen LogP contribution is -2.54. The number of benzene rings is 1. The number of hydrogen-bond acceptors (Lipinski definition) is 5. The average molecular weight is 344 g/mol. The van der Waals surface area contributed by atoms with Gasteiger partial charge in [0.15, 0.2) is 0 Å². The summed E-state index contributed by atoms with van der Waals surface area (Å²) in [5.41, 5.74) is 7.95. The molecule has 0 aliphatic carbocycles. The number of nitriles is 2. The lowest BCUT2D eigenvalue weighted by molar-refractivity contribution is -0.118. The molecule has 4 N–H and O–H groups in total. The highest BCUT2D eigenvalue weighted by molar-refractivity contribution is 6.04. The molecule has 0 saturated heterocycles. The van der Waals surface area contributed by atoms with E-state index in [1.54, 1.807) is 11.8 Å². The summed E-state index contributed by atoms with van der Waals surface area (Å²) in [5.74, 6) is -0.181. The minimum Gasteiger partial charge on any atom is -0.384 e. The van der Waals surface area contributed by atoms with Gasteiger partial charge in [0, 0.05) is 29.2 Å². The summed E-state index contributed by atoms with van der Waals surface area (Å²) in [5, 5.41) is 22.8. The molecule has 0 saturated carbocycles. The number of aromatic nitrogens is 1. The van der Waals surface area contributed by atoms with Crippen LogP contribution in [0.5, 0.6) is 0 Å². The molecule has 4 rings (SSSR count). The number of hydrogen-bond donors (Lipinski definition) is 3. The van der Waals surface area contributed by atoms with Crippen LogP contribution in [0, 0.1) is 22.7 Å². The molecule has 1 unspecified atom stereocenters. The molecule has 1 amide bonds. The molecular weight excluding hydrogens is 328 g/mol. The smallest absolute Gasteiger partial charge is 0.264 e. The maximum absolute atomic E-state index is 12.1. The van der Waals surface area contributed by atoms with Gasteiger partial charge in [0.05, 0.1) is 0 Å². The Morgan fingerprint density at radius 2 is 1.96 bits per heavy atom. The van der Waals surface area contributed by atoms with Crippen LogP contribution < -0.4 is 11.1 Å². The van der Waals surface area contributed by atoms with Gasteiger partial charge in [-0.15, -0.1) is 0 Å². The first-order valence-electron chi connectivity index (χ1n) is 8.21. The predicted molar refractivity (Wildman–Crippen MR) is 94.7 cm³/mol. The Morgan fingerprint density at radius 1 is 1.23 bits per heavy atom. The van der Waals surface area contributed by atoms with E-state index in [1.165, 1.54) is 0 Å². The van der Waals surface area contributed by atoms with Crippen molar-refractivity contribution in [3.05, 3.63) is 58.6 Å². The molecule has 2 aliphatic rings. The number of nitrogens with two attached hydrogens (primary N) is 1. The first-order valence-corrected chi connectivity index (χ1v) is 8.21. The van der Waals surface area contributed by atoms with Crippen LogP contribution in [0.25, 0.3) is 10.9 Å². The summed E-state index contributed by atoms with van der Waals surface area (Å²) < 4.78 is 0. The Morgan fingerprint density at radius 3 is 2.69 bits per heavy atom. The van der Waals surface area contributed by atoms with Crippen molar-refractivity contribution < 1.29 is 4.79 Å². The highest BCUT2D eigenvalue weighted by Gasteiger charge is 2.53. The van der Waals surface area contributed by atoms with Crippen LogP contribution in [0.4, 0.5) is 0 Å². The van der Waals surface area contributed by atoms with Gasteiger partial charge >= 0.3 is 0 Å². The van der Waals surface area contributed by atoms with Crippen LogP contribution in [0.2, 0.25) is 0 Å². The maximum atomic E-state index is 12.1. The van der Waals surface area contributed by atoms with E-state index in [0.717, 1.165) is 16.5 Å². The van der Waals surface area contributed by atoms with Crippen LogP contribution >= 0.6 is 0 Å². The summed E-state index contributed by atoms with van der Waals surface area (Å²) in [6.07, 6.45) is 2.63. The number of carbonyl (C=O) groups is 1. The predicted octanol–water partition coefficient (Wildman–Crippen LogP) is 1.39. The van der Waals surface area contributed by atoms with Gasteiger partial charge in [-0.05, 0) is 25.0 Å². The molecule has 1 aromatic heterocycles. The van der Waals surface area contributed by atoms with Crippen molar-refractivity contribution in [2.45, 2.75) is 19.0 Å². The molecule has 0 radical (unpaired) electrons. The molecule has 1 aromatic carbocycles. The molecule has 2 aromatic rings. The molecule has 7 heteroatoms. The number of nitrogens with one attached hydrogen (secondary N) is 2. The van der Waals surface area contributed by atoms with Crippen LogP contribution in [0.3, 0.4) is 0 Å². The second kappa shape index (κ2) is 5.40. The monoisotopic (exact) mass is 344 g/mol. The van der Waals surface area contributed by atoms with Gasteiger partial charge in [-0.25, -0.2) is 0 Å². The van der Waals surface area contributed by atoms with Gasteiger partial charge in [-0.3, -0.25) is 4.79 Å². The van der Waals surface area contributed by atoms with Crippen molar-refractivity contribution in [2.75, 3.05) is 6.54 Å². The van der Waals surface area contributed by atoms with Crippen molar-refractivity contribution in [1.82, 2.24) is 15.2 Å². The van der Waals surface area contributed by atoms with Crippen LogP contribution in [-0.2, 0) is 11.2 Å². The molecule has 128 valence electrons. The van der Waals surface area contributed by atoms with E-state index in [1.807, 2.05) is 36.5 Å². The third-order valence-electron chi connectivity index (χ3n) is 5.16. The highest BCUT2D eigenvalue weighted by atomic mass is 16.2. The summed E-state index contributed by atoms with van der Waals surface area (Å²) in [6.45, 7) is 2.27. The second-order valence-corrected chi connectivity index (χ2v) is 6.52. The van der Waals surface area contributed by atoms with Gasteiger partial charge < -0.3 is 20.9 Å². The number of rotatable bonds is 3. The fraction of sp³-hybridized carbons (Fsp3) is 0.211. The minimum absolute atomic E-state index is 0.0402. The molecule has 1 atom stereocenters. The molecule has 7 nitrogen and oxygen atoms in total. The first kappa shape index (κ1) is 15.8. The topological polar surface area (TPSA) is 122 Å². The standard InChI is InChI=1S/C19H16N6O/c1-19-16(14(9-21)18(26)24-19)13(8-20)17(22)25(19)7-6-11-10-23-15-5-3-2-4-12(11)15/h2-5,10,23H,6-7,22H2,1H3,(H,24,26). The number of aromatic amines is 1. The number of carbonyl (C=O) groups excluding carboxylic acids is 1. The fourth-order valence-electron chi connectivity index (χ4n) is 3.91. The van der Waals surface area contributed by atoms with E-state index < -0.39 is 11.6 Å². The van der Waals surface area contributed by atoms with Gasteiger partial charge in [0.1, 0.15) is 34.8 Å². The SMILES string of the molecule is CC12NC(=O)C(C#N)=C1C(C#N)=C(N)N2CCc1c[nH]c2ccccc12. The Labute approximate surface area is 150 Å². The fourth-order valence-corrected chi connectivity index (χ4v) is 3.91. The van der Waals surface area contributed by atoms with E-state index in [-0.39, 0.29) is 17.0 Å². The lowest BCUT2D eigenvalue weighted by atomic mass is 9.97. The van der Waals surface area contributed by atoms with Crippen molar-refractivity contribution >= 4 is 16.8 Å². The number of para-hydroxylation sites is 1. The average Bonchev–Trinajstić information content (AvgIpc) is 3.21.